The Morgan fingerprint density at radius 3 is 1.70 bits per heavy atom. The maximum Gasteiger partial charge on any atom is 0.266 e. The Labute approximate surface area is 86.2 Å². The van der Waals surface area contributed by atoms with Gasteiger partial charge in [0.25, 0.3) is 3.25 Å². The van der Waals surface area contributed by atoms with Gasteiger partial charge in [0.05, 0.1) is 8.88 Å². The highest BCUT2D eigenvalue weighted by atomic mass is 35.6. The van der Waals surface area contributed by atoms with Crippen LogP contribution in [0.1, 0.15) is 0 Å². The molecule has 0 aromatic heterocycles. The van der Waals surface area contributed by atoms with Gasteiger partial charge in [-0.2, -0.15) is 0 Å². The van der Waals surface area contributed by atoms with E-state index >= 15 is 0 Å². The van der Waals surface area contributed by atoms with Crippen LogP contribution in [0.2, 0.25) is 0 Å². The highest BCUT2D eigenvalue weighted by molar-refractivity contribution is 7.46. The fraction of sp³-hybridized carbons (Fsp3) is 1.00. The van der Waals surface area contributed by atoms with Gasteiger partial charge in [0, 0.05) is 0 Å². The molecule has 10 heavy (non-hydrogen) atoms. The number of halogens is 4. The van der Waals surface area contributed by atoms with Crippen molar-refractivity contribution in [2.24, 2.45) is 4.52 Å². The van der Waals surface area contributed by atoms with Crippen LogP contribution in [0.4, 0.5) is 0 Å². The molecular weight excluding hydrogens is 275 g/mol. The second-order valence-corrected chi connectivity index (χ2v) is 6.50. The van der Waals surface area contributed by atoms with Gasteiger partial charge in [-0.1, -0.05) is 55.8 Å². The van der Waals surface area contributed by atoms with Crippen LogP contribution < -0.4 is 4.86 Å². The average molecular weight is 280 g/mol. The Hall–Kier alpha value is 2.08. The summed E-state index contributed by atoms with van der Waals surface area (Å²) < 4.78 is 1.94. The summed E-state index contributed by atoms with van der Waals surface area (Å²) in [6, 6.07) is 0. The maximum atomic E-state index is 4.83. The van der Waals surface area contributed by atoms with E-state index in [1.165, 1.54) is 0 Å². The number of hydrogen-bond donors (Lipinski definition) is 1. The lowest BCUT2D eigenvalue weighted by Gasteiger charge is -1.91. The van der Waals surface area contributed by atoms with Crippen LogP contribution in [0.5, 0.6) is 0 Å². The molecule has 0 bridgehead atoms. The molecule has 0 heterocycles. The molecular formula is CH5Cl4N2P3. The second-order valence-electron chi connectivity index (χ2n) is 0.797. The van der Waals surface area contributed by atoms with Gasteiger partial charge in [0.15, 0.2) is 0 Å². The molecule has 0 aromatic carbocycles. The standard InChI is InChI=1S/CCl4.H5N2P3/c2-1(3,4)5;3-1-5-2-4/h;1,4-5H,3H2. The maximum absolute atomic E-state index is 4.83. The van der Waals surface area contributed by atoms with Crippen molar-refractivity contribution in [2.45, 2.75) is 3.25 Å². The van der Waals surface area contributed by atoms with E-state index < -0.39 is 3.25 Å². The smallest absolute Gasteiger partial charge is 0.263 e. The van der Waals surface area contributed by atoms with Crippen LogP contribution in [0.15, 0.2) is 4.52 Å². The minimum Gasteiger partial charge on any atom is -0.263 e. The predicted octanol–water partition coefficient (Wildman–Crippen LogP) is 3.75. The van der Waals surface area contributed by atoms with Gasteiger partial charge < -0.3 is 0 Å². The molecule has 0 saturated heterocycles. The molecule has 62 valence electrons. The fourth-order valence-electron chi connectivity index (χ4n) is 0.0323. The molecule has 0 aliphatic heterocycles. The van der Waals surface area contributed by atoms with E-state index in [1.54, 1.807) is 0 Å². The van der Waals surface area contributed by atoms with Gasteiger partial charge >= 0.3 is 0 Å². The fourth-order valence-corrected chi connectivity index (χ4v) is 0.871. The third-order valence-corrected chi connectivity index (χ3v) is 1.08. The van der Waals surface area contributed by atoms with Crippen molar-refractivity contribution in [2.75, 3.05) is 0 Å². The lowest BCUT2D eigenvalue weighted by molar-refractivity contribution is 1.71. The molecule has 2 nitrogen and oxygen atoms in total. The first-order valence-electron chi connectivity index (χ1n) is 1.74. The predicted molar refractivity (Wildman–Crippen MR) is 58.0 cm³/mol. The number of rotatable bonds is 2. The van der Waals surface area contributed by atoms with Gasteiger partial charge in [-0.3, -0.25) is 4.86 Å². The topological polar surface area (TPSA) is 24.4 Å². The summed E-state index contributed by atoms with van der Waals surface area (Å²) in [4.78, 5) is 2.75. The summed E-state index contributed by atoms with van der Waals surface area (Å²) in [5, 5.41) is 0. The largest absolute Gasteiger partial charge is 0.266 e. The Kier molecular flexibility index (Phi) is 13.4. The van der Waals surface area contributed by atoms with Crippen molar-refractivity contribution in [1.29, 1.82) is 0 Å². The Bertz CT molecular complexity index is 77.1. The van der Waals surface area contributed by atoms with Gasteiger partial charge in [0.1, 0.15) is 0 Å². The van der Waals surface area contributed by atoms with Crippen LogP contribution in [0.3, 0.4) is 0 Å². The van der Waals surface area contributed by atoms with Crippen molar-refractivity contribution < 1.29 is 0 Å². The van der Waals surface area contributed by atoms with Gasteiger partial charge in [-0.15, -0.1) is 0 Å². The molecule has 0 radical (unpaired) electrons. The normalized spacial score (nSPS) is 10.9. The minimum atomic E-state index is -1.61. The molecule has 2 unspecified atom stereocenters. The summed E-state index contributed by atoms with van der Waals surface area (Å²) in [5.41, 5.74) is 0. The molecule has 0 amide bonds. The van der Waals surface area contributed by atoms with Gasteiger partial charge in [-0.25, -0.2) is 4.52 Å². The third-order valence-electron chi connectivity index (χ3n) is 0.120. The summed E-state index contributed by atoms with van der Waals surface area (Å²) in [7, 11) is 5.70. The van der Waals surface area contributed by atoms with Crippen molar-refractivity contribution in [3.8, 4) is 0 Å². The number of alkyl halides is 4. The second kappa shape index (κ2) is 9.17. The van der Waals surface area contributed by atoms with E-state index in [4.69, 9.17) is 46.4 Å². The molecule has 0 rings (SSSR count). The summed E-state index contributed by atoms with van der Waals surface area (Å²) in [5.74, 6) is 0. The van der Waals surface area contributed by atoms with Crippen molar-refractivity contribution in [1.82, 2.24) is 4.86 Å². The SMILES string of the molecule is ClC(Cl)(Cl)Cl.P=NPNP. The zero-order valence-corrected chi connectivity index (χ0v) is 10.7. The average Bonchev–Trinajstić information content (AvgIpc) is 1.63. The Balaban J connectivity index is 0. The van der Waals surface area contributed by atoms with Crippen LogP contribution >= 0.6 is 73.7 Å². The summed E-state index contributed by atoms with van der Waals surface area (Å²) in [6.07, 6.45) is 0. The van der Waals surface area contributed by atoms with E-state index in [0.717, 1.165) is 0 Å². The summed E-state index contributed by atoms with van der Waals surface area (Å²) in [6.45, 7) is 0. The number of hydrogen-bond acceptors (Lipinski definition) is 2. The Morgan fingerprint density at radius 2 is 1.70 bits per heavy atom. The van der Waals surface area contributed by atoms with Crippen molar-refractivity contribution >= 4 is 73.7 Å². The molecule has 9 heteroatoms. The first-order chi connectivity index (χ1) is 4.41. The lowest BCUT2D eigenvalue weighted by atomic mass is 11.8. The quantitative estimate of drug-likeness (QED) is 0.604. The van der Waals surface area contributed by atoms with E-state index in [0.29, 0.717) is 8.88 Å². The molecule has 2 atom stereocenters. The molecule has 0 fully saturated rings. The van der Waals surface area contributed by atoms with Gasteiger partial charge in [-0.05, 0) is 9.03 Å². The highest BCUT2D eigenvalue weighted by Gasteiger charge is 2.11. The number of nitrogens with one attached hydrogen (secondary N) is 1. The lowest BCUT2D eigenvalue weighted by Crippen LogP contribution is -1.81. The molecule has 0 spiro atoms. The highest BCUT2D eigenvalue weighted by Crippen LogP contribution is 2.29. The summed E-state index contributed by atoms with van der Waals surface area (Å²) >= 11 is 19.3. The molecule has 0 saturated carbocycles. The van der Waals surface area contributed by atoms with E-state index in [1.807, 2.05) is 0 Å². The van der Waals surface area contributed by atoms with Gasteiger partial charge in [0.2, 0.25) is 0 Å². The molecule has 1 N–H and O–H groups in total. The van der Waals surface area contributed by atoms with E-state index in [-0.39, 0.29) is 0 Å². The van der Waals surface area contributed by atoms with Crippen LogP contribution in [0.25, 0.3) is 0 Å². The van der Waals surface area contributed by atoms with Crippen LogP contribution in [-0.4, -0.2) is 3.25 Å². The molecule has 0 aliphatic carbocycles. The third kappa shape index (κ3) is 49.9. The van der Waals surface area contributed by atoms with E-state index in [2.05, 4.69) is 27.8 Å². The first kappa shape index (κ1) is 14.6. The molecule has 0 aromatic rings. The van der Waals surface area contributed by atoms with Crippen molar-refractivity contribution in [3.05, 3.63) is 0 Å². The first-order valence-corrected chi connectivity index (χ1v) is 5.23. The van der Waals surface area contributed by atoms with E-state index in [9.17, 15) is 0 Å². The monoisotopic (exact) mass is 278 g/mol. The molecule has 0 aliphatic rings. The van der Waals surface area contributed by atoms with Crippen LogP contribution in [-0.2, 0) is 0 Å². The zero-order valence-electron chi connectivity index (χ0n) is 4.54. The number of nitrogens with zero attached hydrogens (tertiary/aromatic N) is 1. The minimum absolute atomic E-state index is 0.449. The van der Waals surface area contributed by atoms with Crippen molar-refractivity contribution in [3.63, 3.8) is 0 Å². The van der Waals surface area contributed by atoms with Crippen LogP contribution in [0, 0.1) is 0 Å². The Morgan fingerprint density at radius 1 is 1.40 bits per heavy atom. The zero-order chi connectivity index (χ0) is 8.62.